The smallest absolute Gasteiger partial charge is 0.387 e. The molecule has 4 heteroatoms. The standard InChI is InChI=1S/C17H14F2O2/c1-12-5-4-7-14(11-12)15(20)10-9-13-6-2-3-8-16(13)21-17(18)19/h2-11,17H,1H3/b10-9+. The van der Waals surface area contributed by atoms with Gasteiger partial charge >= 0.3 is 6.61 Å². The lowest BCUT2D eigenvalue weighted by atomic mass is 10.1. The van der Waals surface area contributed by atoms with E-state index in [1.165, 1.54) is 18.2 Å². The molecule has 0 unspecified atom stereocenters. The van der Waals surface area contributed by atoms with Crippen molar-refractivity contribution in [2.75, 3.05) is 0 Å². The van der Waals surface area contributed by atoms with Crippen LogP contribution in [0.4, 0.5) is 8.78 Å². The fourth-order valence-electron chi connectivity index (χ4n) is 1.88. The van der Waals surface area contributed by atoms with Gasteiger partial charge in [-0.3, -0.25) is 4.79 Å². The predicted octanol–water partition coefficient (Wildman–Crippen LogP) is 4.49. The van der Waals surface area contributed by atoms with Gasteiger partial charge in [0.05, 0.1) is 0 Å². The van der Waals surface area contributed by atoms with Crippen LogP contribution in [0.1, 0.15) is 21.5 Å². The molecule has 0 aliphatic carbocycles. The monoisotopic (exact) mass is 288 g/mol. The predicted molar refractivity (Wildman–Crippen MR) is 77.6 cm³/mol. The molecule has 0 aliphatic heterocycles. The zero-order valence-electron chi connectivity index (χ0n) is 11.4. The average Bonchev–Trinajstić information content (AvgIpc) is 2.45. The molecule has 0 amide bonds. The summed E-state index contributed by atoms with van der Waals surface area (Å²) in [6, 6.07) is 13.5. The van der Waals surface area contributed by atoms with Crippen LogP contribution >= 0.6 is 0 Å². The number of ether oxygens (including phenoxy) is 1. The second-order valence-electron chi connectivity index (χ2n) is 4.48. The van der Waals surface area contributed by atoms with E-state index < -0.39 is 6.61 Å². The SMILES string of the molecule is Cc1cccc(C(=O)/C=C/c2ccccc2OC(F)F)c1. The first-order valence-electron chi connectivity index (χ1n) is 6.39. The molecule has 2 rings (SSSR count). The van der Waals surface area contributed by atoms with Gasteiger partial charge in [0.15, 0.2) is 5.78 Å². The maximum Gasteiger partial charge on any atom is 0.387 e. The number of para-hydroxylation sites is 1. The summed E-state index contributed by atoms with van der Waals surface area (Å²) in [7, 11) is 0. The Kier molecular flexibility index (Phi) is 4.82. The molecule has 0 aliphatic rings. The van der Waals surface area contributed by atoms with Gasteiger partial charge in [-0.2, -0.15) is 8.78 Å². The van der Waals surface area contributed by atoms with Gasteiger partial charge in [0.2, 0.25) is 0 Å². The van der Waals surface area contributed by atoms with Gasteiger partial charge in [-0.15, -0.1) is 0 Å². The molecule has 108 valence electrons. The zero-order valence-corrected chi connectivity index (χ0v) is 11.4. The lowest BCUT2D eigenvalue weighted by Crippen LogP contribution is -2.03. The molecule has 0 N–H and O–H groups in total. The second-order valence-corrected chi connectivity index (χ2v) is 4.48. The van der Waals surface area contributed by atoms with E-state index in [-0.39, 0.29) is 11.5 Å². The number of aryl methyl sites for hydroxylation is 1. The Hall–Kier alpha value is -2.49. The highest BCUT2D eigenvalue weighted by molar-refractivity contribution is 6.07. The van der Waals surface area contributed by atoms with Crippen molar-refractivity contribution in [2.24, 2.45) is 0 Å². The third-order valence-corrected chi connectivity index (χ3v) is 2.85. The number of rotatable bonds is 5. The van der Waals surface area contributed by atoms with Gasteiger partial charge in [0.1, 0.15) is 5.75 Å². The second kappa shape index (κ2) is 6.79. The van der Waals surface area contributed by atoms with Crippen LogP contribution in [0.2, 0.25) is 0 Å². The Labute approximate surface area is 121 Å². The first-order chi connectivity index (χ1) is 10.1. The van der Waals surface area contributed by atoms with E-state index in [2.05, 4.69) is 4.74 Å². The fraction of sp³-hybridized carbons (Fsp3) is 0.118. The summed E-state index contributed by atoms with van der Waals surface area (Å²) in [5.41, 5.74) is 1.97. The van der Waals surface area contributed by atoms with Gasteiger partial charge in [0.25, 0.3) is 0 Å². The molecule has 0 heterocycles. The van der Waals surface area contributed by atoms with Crippen molar-refractivity contribution in [1.29, 1.82) is 0 Å². The van der Waals surface area contributed by atoms with Crippen LogP contribution in [-0.2, 0) is 0 Å². The number of alkyl halides is 2. The van der Waals surface area contributed by atoms with Gasteiger partial charge in [0, 0.05) is 11.1 Å². The Balaban J connectivity index is 2.19. The van der Waals surface area contributed by atoms with Crippen LogP contribution in [0, 0.1) is 6.92 Å². The summed E-state index contributed by atoms with van der Waals surface area (Å²) in [6.07, 6.45) is 2.82. The Morgan fingerprint density at radius 3 is 2.62 bits per heavy atom. The quantitative estimate of drug-likeness (QED) is 0.598. The number of allylic oxidation sites excluding steroid dienone is 1. The van der Waals surface area contributed by atoms with Crippen molar-refractivity contribution in [2.45, 2.75) is 13.5 Å². The summed E-state index contributed by atoms with van der Waals surface area (Å²) < 4.78 is 29.0. The third-order valence-electron chi connectivity index (χ3n) is 2.85. The molecule has 0 saturated heterocycles. The van der Waals surface area contributed by atoms with Crippen LogP contribution in [0.25, 0.3) is 6.08 Å². The summed E-state index contributed by atoms with van der Waals surface area (Å²) >= 11 is 0. The van der Waals surface area contributed by atoms with Gasteiger partial charge in [-0.1, -0.05) is 42.0 Å². The van der Waals surface area contributed by atoms with Crippen molar-refractivity contribution >= 4 is 11.9 Å². The van der Waals surface area contributed by atoms with Crippen LogP contribution < -0.4 is 4.74 Å². The number of hydrogen-bond acceptors (Lipinski definition) is 2. The summed E-state index contributed by atoms with van der Waals surface area (Å²) in [6.45, 7) is -1.00. The highest BCUT2D eigenvalue weighted by atomic mass is 19.3. The van der Waals surface area contributed by atoms with Gasteiger partial charge in [-0.05, 0) is 31.2 Å². The number of carbonyl (C=O) groups excluding carboxylic acids is 1. The van der Waals surface area contributed by atoms with E-state index in [9.17, 15) is 13.6 Å². The molecule has 2 aromatic carbocycles. The Morgan fingerprint density at radius 1 is 1.14 bits per heavy atom. The third kappa shape index (κ3) is 4.24. The Morgan fingerprint density at radius 2 is 1.90 bits per heavy atom. The maximum absolute atomic E-state index is 12.3. The van der Waals surface area contributed by atoms with Crippen molar-refractivity contribution in [3.05, 3.63) is 71.3 Å². The minimum absolute atomic E-state index is 0.0424. The first-order valence-corrected chi connectivity index (χ1v) is 6.39. The zero-order chi connectivity index (χ0) is 15.2. The lowest BCUT2D eigenvalue weighted by molar-refractivity contribution is -0.0499. The molecule has 2 aromatic rings. The fourth-order valence-corrected chi connectivity index (χ4v) is 1.88. The number of halogens is 2. The molecule has 0 radical (unpaired) electrons. The van der Waals surface area contributed by atoms with Crippen molar-refractivity contribution < 1.29 is 18.3 Å². The number of carbonyl (C=O) groups is 1. The normalized spacial score (nSPS) is 11.0. The summed E-state index contributed by atoms with van der Waals surface area (Å²) in [5.74, 6) is -0.147. The topological polar surface area (TPSA) is 26.3 Å². The van der Waals surface area contributed by atoms with Crippen molar-refractivity contribution in [3.8, 4) is 5.75 Å². The van der Waals surface area contributed by atoms with Crippen molar-refractivity contribution in [3.63, 3.8) is 0 Å². The van der Waals surface area contributed by atoms with Crippen LogP contribution in [0.5, 0.6) is 5.75 Å². The molecule has 0 spiro atoms. The molecule has 0 aromatic heterocycles. The molecule has 0 atom stereocenters. The lowest BCUT2D eigenvalue weighted by Gasteiger charge is -2.07. The van der Waals surface area contributed by atoms with Crippen LogP contribution in [0.15, 0.2) is 54.6 Å². The number of ketones is 1. The van der Waals surface area contributed by atoms with E-state index in [4.69, 9.17) is 0 Å². The van der Waals surface area contributed by atoms with Crippen molar-refractivity contribution in [1.82, 2.24) is 0 Å². The molecule has 21 heavy (non-hydrogen) atoms. The highest BCUT2D eigenvalue weighted by Crippen LogP contribution is 2.21. The summed E-state index contributed by atoms with van der Waals surface area (Å²) in [5, 5.41) is 0. The molecular formula is C17H14F2O2. The molecule has 0 fully saturated rings. The van der Waals surface area contributed by atoms with Gasteiger partial charge in [-0.25, -0.2) is 0 Å². The molecule has 2 nitrogen and oxygen atoms in total. The van der Waals surface area contributed by atoms with E-state index in [1.807, 2.05) is 13.0 Å². The molecular weight excluding hydrogens is 274 g/mol. The number of benzene rings is 2. The minimum atomic E-state index is -2.90. The van der Waals surface area contributed by atoms with E-state index in [0.717, 1.165) is 5.56 Å². The maximum atomic E-state index is 12.3. The van der Waals surface area contributed by atoms with Crippen LogP contribution in [0.3, 0.4) is 0 Å². The van der Waals surface area contributed by atoms with E-state index >= 15 is 0 Å². The van der Waals surface area contributed by atoms with Crippen LogP contribution in [-0.4, -0.2) is 12.4 Å². The van der Waals surface area contributed by atoms with Gasteiger partial charge < -0.3 is 4.74 Å². The number of hydrogen-bond donors (Lipinski definition) is 0. The average molecular weight is 288 g/mol. The minimum Gasteiger partial charge on any atom is -0.434 e. The molecule has 0 saturated carbocycles. The van der Waals surface area contributed by atoms with E-state index in [0.29, 0.717) is 11.1 Å². The highest BCUT2D eigenvalue weighted by Gasteiger charge is 2.08. The molecule has 0 bridgehead atoms. The first kappa shape index (κ1) is 14.9. The summed E-state index contributed by atoms with van der Waals surface area (Å²) in [4.78, 5) is 12.0. The van der Waals surface area contributed by atoms with E-state index in [1.54, 1.807) is 36.4 Å². The Bertz CT molecular complexity index is 663. The largest absolute Gasteiger partial charge is 0.434 e.